The first-order valence-electron chi connectivity index (χ1n) is 6.29. The molecule has 1 aliphatic rings. The Kier molecular flexibility index (Phi) is 4.51. The van der Waals surface area contributed by atoms with E-state index in [1.54, 1.807) is 12.1 Å². The van der Waals surface area contributed by atoms with E-state index in [9.17, 15) is 4.79 Å². The smallest absolute Gasteiger partial charge is 0.265 e. The summed E-state index contributed by atoms with van der Waals surface area (Å²) in [5, 5.41) is 2.86. The minimum Gasteiger partial charge on any atom is -0.490 e. The number of carbonyl (C=O) groups excluding carboxylic acids is 1. The Balaban J connectivity index is 1.78. The van der Waals surface area contributed by atoms with Gasteiger partial charge in [0.1, 0.15) is 0 Å². The fourth-order valence-corrected chi connectivity index (χ4v) is 3.82. The van der Waals surface area contributed by atoms with Gasteiger partial charge in [0.25, 0.3) is 5.91 Å². The van der Waals surface area contributed by atoms with E-state index < -0.39 is 0 Å². The number of amides is 1. The molecule has 0 spiro atoms. The molecule has 0 unspecified atom stereocenters. The number of nitrogens with one attached hydrogen (secondary N) is 1. The first kappa shape index (κ1) is 14.9. The van der Waals surface area contributed by atoms with Crippen molar-refractivity contribution in [1.82, 2.24) is 0 Å². The summed E-state index contributed by atoms with van der Waals surface area (Å²) in [5.41, 5.74) is 0.685. The van der Waals surface area contributed by atoms with Gasteiger partial charge in [0.05, 0.1) is 21.9 Å². The molecule has 0 bridgehead atoms. The van der Waals surface area contributed by atoms with Crippen LogP contribution >= 0.6 is 43.2 Å². The van der Waals surface area contributed by atoms with Gasteiger partial charge in [-0.1, -0.05) is 0 Å². The van der Waals surface area contributed by atoms with Crippen molar-refractivity contribution >= 4 is 54.8 Å². The summed E-state index contributed by atoms with van der Waals surface area (Å²) < 4.78 is 12.9. The first-order valence-corrected chi connectivity index (χ1v) is 8.69. The van der Waals surface area contributed by atoms with Crippen LogP contribution in [0.1, 0.15) is 16.1 Å². The van der Waals surface area contributed by atoms with E-state index in [0.717, 1.165) is 14.7 Å². The monoisotopic (exact) mass is 431 g/mol. The van der Waals surface area contributed by atoms with Crippen LogP contribution in [-0.2, 0) is 0 Å². The Hall–Kier alpha value is -1.05. The highest BCUT2D eigenvalue weighted by Crippen LogP contribution is 2.34. The maximum absolute atomic E-state index is 12.2. The second-order valence-corrected chi connectivity index (χ2v) is 7.62. The molecule has 0 atom stereocenters. The molecule has 1 aliphatic heterocycles. The maximum atomic E-state index is 12.2. The molecule has 7 heteroatoms. The summed E-state index contributed by atoms with van der Waals surface area (Å²) in [6.07, 6.45) is 0.855. The number of anilines is 1. The SMILES string of the molecule is O=C(Nc1ccc2c(c1)OCCCO2)c1cc(Br)c(Br)s1. The minimum atomic E-state index is -0.152. The molecule has 0 radical (unpaired) electrons. The third kappa shape index (κ3) is 3.41. The summed E-state index contributed by atoms with van der Waals surface area (Å²) in [7, 11) is 0. The van der Waals surface area contributed by atoms with Crippen molar-refractivity contribution in [3.63, 3.8) is 0 Å². The van der Waals surface area contributed by atoms with Crippen molar-refractivity contribution in [1.29, 1.82) is 0 Å². The van der Waals surface area contributed by atoms with E-state index in [2.05, 4.69) is 37.2 Å². The van der Waals surface area contributed by atoms with Crippen molar-refractivity contribution in [3.8, 4) is 11.5 Å². The van der Waals surface area contributed by atoms with Gasteiger partial charge in [-0.15, -0.1) is 11.3 Å². The predicted octanol–water partition coefficient (Wildman–Crippen LogP) is 4.69. The summed E-state index contributed by atoms with van der Waals surface area (Å²) in [6.45, 7) is 1.27. The highest BCUT2D eigenvalue weighted by Gasteiger charge is 2.15. The molecule has 21 heavy (non-hydrogen) atoms. The molecule has 1 aromatic carbocycles. The number of benzene rings is 1. The average Bonchev–Trinajstić information content (AvgIpc) is 2.68. The normalized spacial score (nSPS) is 13.6. The molecular formula is C14H11Br2NO3S. The lowest BCUT2D eigenvalue weighted by atomic mass is 10.2. The fraction of sp³-hybridized carbons (Fsp3) is 0.214. The molecule has 1 aromatic heterocycles. The second-order valence-electron chi connectivity index (χ2n) is 4.40. The van der Waals surface area contributed by atoms with Crippen LogP contribution in [-0.4, -0.2) is 19.1 Å². The lowest BCUT2D eigenvalue weighted by Crippen LogP contribution is -2.10. The van der Waals surface area contributed by atoms with E-state index in [0.29, 0.717) is 35.3 Å². The number of fused-ring (bicyclic) bond motifs is 1. The Labute approximate surface area is 142 Å². The largest absolute Gasteiger partial charge is 0.490 e. The van der Waals surface area contributed by atoms with Crippen LogP contribution in [0.2, 0.25) is 0 Å². The quantitative estimate of drug-likeness (QED) is 0.748. The van der Waals surface area contributed by atoms with Crippen LogP contribution in [0.15, 0.2) is 32.5 Å². The molecule has 0 aliphatic carbocycles. The van der Waals surface area contributed by atoms with Crippen molar-refractivity contribution in [2.45, 2.75) is 6.42 Å². The molecule has 3 rings (SSSR count). The van der Waals surface area contributed by atoms with Gasteiger partial charge in [0, 0.05) is 22.6 Å². The number of hydrogen-bond donors (Lipinski definition) is 1. The molecule has 1 amide bonds. The molecule has 0 saturated heterocycles. The molecule has 2 heterocycles. The summed E-state index contributed by atoms with van der Waals surface area (Å²) >= 11 is 8.13. The molecule has 2 aromatic rings. The number of thiophene rings is 1. The zero-order valence-electron chi connectivity index (χ0n) is 10.8. The summed E-state index contributed by atoms with van der Waals surface area (Å²) in [6, 6.07) is 7.20. The molecule has 4 nitrogen and oxygen atoms in total. The van der Waals surface area contributed by atoms with Crippen molar-refractivity contribution < 1.29 is 14.3 Å². The van der Waals surface area contributed by atoms with Crippen molar-refractivity contribution in [3.05, 3.63) is 37.4 Å². The number of ether oxygens (including phenoxy) is 2. The van der Waals surface area contributed by atoms with Crippen LogP contribution in [0.4, 0.5) is 5.69 Å². The maximum Gasteiger partial charge on any atom is 0.265 e. The van der Waals surface area contributed by atoms with Crippen LogP contribution in [0.3, 0.4) is 0 Å². The number of rotatable bonds is 2. The van der Waals surface area contributed by atoms with Crippen LogP contribution in [0.5, 0.6) is 11.5 Å². The fourth-order valence-electron chi connectivity index (χ4n) is 1.89. The molecule has 1 N–H and O–H groups in total. The standard InChI is InChI=1S/C14H11Br2NO3S/c15-9-7-12(21-13(9)16)14(18)17-8-2-3-10-11(6-8)20-5-1-4-19-10/h2-3,6-7H,1,4-5H2,(H,17,18). The van der Waals surface area contributed by atoms with Gasteiger partial charge in [-0.05, 0) is 50.1 Å². The Morgan fingerprint density at radius 1 is 1.14 bits per heavy atom. The first-order chi connectivity index (χ1) is 10.1. The van der Waals surface area contributed by atoms with E-state index in [4.69, 9.17) is 9.47 Å². The molecular weight excluding hydrogens is 422 g/mol. The highest BCUT2D eigenvalue weighted by molar-refractivity contribution is 9.13. The Bertz CT molecular complexity index is 667. The number of hydrogen-bond acceptors (Lipinski definition) is 4. The summed E-state index contributed by atoms with van der Waals surface area (Å²) in [5.74, 6) is 1.23. The van der Waals surface area contributed by atoms with Gasteiger partial charge in [-0.2, -0.15) is 0 Å². The number of halogens is 2. The second kappa shape index (κ2) is 6.37. The lowest BCUT2D eigenvalue weighted by Gasteiger charge is -2.09. The topological polar surface area (TPSA) is 47.6 Å². The average molecular weight is 433 g/mol. The Morgan fingerprint density at radius 3 is 2.62 bits per heavy atom. The Morgan fingerprint density at radius 2 is 1.90 bits per heavy atom. The van der Waals surface area contributed by atoms with E-state index in [1.807, 2.05) is 12.1 Å². The van der Waals surface area contributed by atoms with Gasteiger partial charge >= 0.3 is 0 Å². The zero-order valence-corrected chi connectivity index (χ0v) is 14.8. The predicted molar refractivity (Wildman–Crippen MR) is 89.7 cm³/mol. The molecule has 0 saturated carbocycles. The van der Waals surface area contributed by atoms with Gasteiger partial charge in [0.15, 0.2) is 11.5 Å². The third-order valence-electron chi connectivity index (χ3n) is 2.87. The van der Waals surface area contributed by atoms with Crippen LogP contribution in [0, 0.1) is 0 Å². The zero-order chi connectivity index (χ0) is 14.8. The van der Waals surface area contributed by atoms with Gasteiger partial charge in [-0.25, -0.2) is 0 Å². The van der Waals surface area contributed by atoms with Gasteiger partial charge in [0.2, 0.25) is 0 Å². The van der Waals surface area contributed by atoms with E-state index in [1.165, 1.54) is 11.3 Å². The molecule has 110 valence electrons. The van der Waals surface area contributed by atoms with E-state index >= 15 is 0 Å². The third-order valence-corrected chi connectivity index (χ3v) is 6.13. The van der Waals surface area contributed by atoms with Crippen molar-refractivity contribution in [2.75, 3.05) is 18.5 Å². The molecule has 0 fully saturated rings. The lowest BCUT2D eigenvalue weighted by molar-refractivity contribution is 0.103. The minimum absolute atomic E-state index is 0.152. The van der Waals surface area contributed by atoms with Gasteiger partial charge < -0.3 is 14.8 Å². The summed E-state index contributed by atoms with van der Waals surface area (Å²) in [4.78, 5) is 12.8. The van der Waals surface area contributed by atoms with Crippen molar-refractivity contribution in [2.24, 2.45) is 0 Å². The van der Waals surface area contributed by atoms with Gasteiger partial charge in [-0.3, -0.25) is 4.79 Å². The van der Waals surface area contributed by atoms with E-state index in [-0.39, 0.29) is 5.91 Å². The van der Waals surface area contributed by atoms with Crippen LogP contribution in [0.25, 0.3) is 0 Å². The highest BCUT2D eigenvalue weighted by atomic mass is 79.9. The number of carbonyl (C=O) groups is 1. The van der Waals surface area contributed by atoms with Crippen LogP contribution < -0.4 is 14.8 Å².